The van der Waals surface area contributed by atoms with Gasteiger partial charge < -0.3 is 9.47 Å². The molecule has 0 saturated carbocycles. The molecule has 2 nitrogen and oxygen atoms in total. The maximum absolute atomic E-state index is 5.60. The molecule has 0 aromatic rings. The Labute approximate surface area is 81.2 Å². The number of rotatable bonds is 9. The molecule has 0 aromatic heterocycles. The Balaban J connectivity index is 3.43. The molecular weight excluding hydrogens is 164 g/mol. The smallest absolute Gasteiger partial charge is 0.0643 e. The molecule has 0 aromatic carbocycles. The van der Waals surface area contributed by atoms with Gasteiger partial charge in [0.2, 0.25) is 0 Å². The van der Waals surface area contributed by atoms with Crippen molar-refractivity contribution in [2.24, 2.45) is 0 Å². The molecule has 0 heterocycles. The van der Waals surface area contributed by atoms with E-state index in [2.05, 4.69) is 13.2 Å². The van der Waals surface area contributed by atoms with Crippen molar-refractivity contribution >= 4 is 0 Å². The van der Waals surface area contributed by atoms with Gasteiger partial charge in [0.05, 0.1) is 6.10 Å². The third-order valence-corrected chi connectivity index (χ3v) is 1.71. The minimum Gasteiger partial charge on any atom is -0.385 e. The molecule has 0 aliphatic rings. The molecular formula is C11H20O2. The van der Waals surface area contributed by atoms with E-state index in [0.717, 1.165) is 32.5 Å². The second-order valence-corrected chi connectivity index (χ2v) is 2.89. The van der Waals surface area contributed by atoms with Crippen LogP contribution in [0.15, 0.2) is 25.3 Å². The molecule has 0 saturated heterocycles. The van der Waals surface area contributed by atoms with Crippen molar-refractivity contribution in [3.05, 3.63) is 25.3 Å². The Morgan fingerprint density at radius 3 is 2.23 bits per heavy atom. The van der Waals surface area contributed by atoms with Gasteiger partial charge in [-0.3, -0.25) is 0 Å². The normalized spacial score (nSPS) is 10.3. The lowest BCUT2D eigenvalue weighted by Gasteiger charge is -2.13. The average Bonchev–Trinajstić information content (AvgIpc) is 2.13. The molecule has 76 valence electrons. The summed E-state index contributed by atoms with van der Waals surface area (Å²) < 4.78 is 10.5. The highest BCUT2D eigenvalue weighted by molar-refractivity contribution is 4.80. The maximum atomic E-state index is 5.60. The lowest BCUT2D eigenvalue weighted by atomic mass is 10.2. The Morgan fingerprint density at radius 2 is 1.77 bits per heavy atom. The molecule has 2 heteroatoms. The van der Waals surface area contributed by atoms with Crippen molar-refractivity contribution in [3.63, 3.8) is 0 Å². The fourth-order valence-corrected chi connectivity index (χ4v) is 1.06. The van der Waals surface area contributed by atoms with Gasteiger partial charge in [0.1, 0.15) is 0 Å². The van der Waals surface area contributed by atoms with Gasteiger partial charge in [0.15, 0.2) is 0 Å². The minimum atomic E-state index is 0.242. The lowest BCUT2D eigenvalue weighted by molar-refractivity contribution is 0.0432. The first-order chi connectivity index (χ1) is 6.35. The van der Waals surface area contributed by atoms with Crippen molar-refractivity contribution < 1.29 is 9.47 Å². The van der Waals surface area contributed by atoms with E-state index in [1.54, 1.807) is 7.11 Å². The Hall–Kier alpha value is -0.600. The first-order valence-electron chi connectivity index (χ1n) is 4.67. The van der Waals surface area contributed by atoms with Crippen molar-refractivity contribution in [1.82, 2.24) is 0 Å². The molecule has 0 radical (unpaired) electrons. The van der Waals surface area contributed by atoms with Crippen molar-refractivity contribution in [1.29, 1.82) is 0 Å². The van der Waals surface area contributed by atoms with Crippen LogP contribution in [0.4, 0.5) is 0 Å². The van der Waals surface area contributed by atoms with Gasteiger partial charge in [0, 0.05) is 20.3 Å². The highest BCUT2D eigenvalue weighted by Crippen LogP contribution is 2.05. The summed E-state index contributed by atoms with van der Waals surface area (Å²) in [5.74, 6) is 0. The molecule has 0 atom stereocenters. The topological polar surface area (TPSA) is 18.5 Å². The molecule has 0 fully saturated rings. The van der Waals surface area contributed by atoms with Crippen LogP contribution in [0.1, 0.15) is 19.3 Å². The maximum Gasteiger partial charge on any atom is 0.0643 e. The van der Waals surface area contributed by atoms with E-state index in [1.165, 1.54) is 0 Å². The van der Waals surface area contributed by atoms with Gasteiger partial charge >= 0.3 is 0 Å². The van der Waals surface area contributed by atoms with Crippen molar-refractivity contribution in [2.75, 3.05) is 20.3 Å². The predicted octanol–water partition coefficient (Wildman–Crippen LogP) is 2.56. The molecule has 13 heavy (non-hydrogen) atoms. The van der Waals surface area contributed by atoms with Gasteiger partial charge in [-0.15, -0.1) is 13.2 Å². The third kappa shape index (κ3) is 7.75. The molecule has 0 unspecified atom stereocenters. The van der Waals surface area contributed by atoms with Gasteiger partial charge in [0.25, 0.3) is 0 Å². The second-order valence-electron chi connectivity index (χ2n) is 2.89. The summed E-state index contributed by atoms with van der Waals surface area (Å²) >= 11 is 0. The van der Waals surface area contributed by atoms with Crippen molar-refractivity contribution in [2.45, 2.75) is 25.4 Å². The van der Waals surface area contributed by atoms with Crippen LogP contribution >= 0.6 is 0 Å². The Kier molecular flexibility index (Phi) is 9.05. The molecule has 0 aliphatic carbocycles. The summed E-state index contributed by atoms with van der Waals surface area (Å²) in [6.45, 7) is 8.89. The zero-order chi connectivity index (χ0) is 9.94. The summed E-state index contributed by atoms with van der Waals surface area (Å²) in [5, 5.41) is 0. The third-order valence-electron chi connectivity index (χ3n) is 1.71. The number of hydrogen-bond acceptors (Lipinski definition) is 2. The van der Waals surface area contributed by atoms with Crippen molar-refractivity contribution in [3.8, 4) is 0 Å². The molecule has 0 rings (SSSR count). The quantitative estimate of drug-likeness (QED) is 0.405. The number of ether oxygens (including phenoxy) is 2. The molecule has 0 amide bonds. The zero-order valence-corrected chi connectivity index (χ0v) is 8.50. The monoisotopic (exact) mass is 184 g/mol. The highest BCUT2D eigenvalue weighted by atomic mass is 16.5. The standard InChI is InChI=1S/C11H20O2/c1-4-7-11(8-5-2)13-10-6-9-12-3/h4-5,11H,1-2,6-10H2,3H3. The number of methoxy groups -OCH3 is 1. The molecule has 0 spiro atoms. The predicted molar refractivity (Wildman–Crippen MR) is 55.9 cm³/mol. The first-order valence-corrected chi connectivity index (χ1v) is 4.67. The van der Waals surface area contributed by atoms with E-state index < -0.39 is 0 Å². The second kappa shape index (κ2) is 9.49. The van der Waals surface area contributed by atoms with Gasteiger partial charge in [-0.1, -0.05) is 12.2 Å². The van der Waals surface area contributed by atoms with Crippen LogP contribution in [0.3, 0.4) is 0 Å². The zero-order valence-electron chi connectivity index (χ0n) is 8.50. The van der Waals surface area contributed by atoms with Crippen LogP contribution in [0.2, 0.25) is 0 Å². The van der Waals surface area contributed by atoms with E-state index in [4.69, 9.17) is 9.47 Å². The Morgan fingerprint density at radius 1 is 1.15 bits per heavy atom. The Bertz CT molecular complexity index is 122. The molecule has 0 aliphatic heterocycles. The molecule has 0 bridgehead atoms. The number of hydrogen-bond donors (Lipinski definition) is 0. The fraction of sp³-hybridized carbons (Fsp3) is 0.636. The van der Waals surface area contributed by atoms with E-state index in [9.17, 15) is 0 Å². The van der Waals surface area contributed by atoms with Gasteiger partial charge in [-0.05, 0) is 19.3 Å². The summed E-state index contributed by atoms with van der Waals surface area (Å²) in [6, 6.07) is 0. The minimum absolute atomic E-state index is 0.242. The van der Waals surface area contributed by atoms with E-state index in [1.807, 2.05) is 12.2 Å². The summed E-state index contributed by atoms with van der Waals surface area (Å²) in [6.07, 6.45) is 6.72. The van der Waals surface area contributed by atoms with E-state index in [-0.39, 0.29) is 6.10 Å². The van der Waals surface area contributed by atoms with Crippen LogP contribution in [-0.2, 0) is 9.47 Å². The van der Waals surface area contributed by atoms with Crippen LogP contribution in [0, 0.1) is 0 Å². The van der Waals surface area contributed by atoms with Crippen LogP contribution in [0.5, 0.6) is 0 Å². The fourth-order valence-electron chi connectivity index (χ4n) is 1.06. The van der Waals surface area contributed by atoms with Gasteiger partial charge in [-0.2, -0.15) is 0 Å². The van der Waals surface area contributed by atoms with Crippen LogP contribution in [-0.4, -0.2) is 26.4 Å². The molecule has 0 N–H and O–H groups in total. The summed E-state index contributed by atoms with van der Waals surface area (Å²) in [7, 11) is 1.70. The van der Waals surface area contributed by atoms with Crippen LogP contribution < -0.4 is 0 Å². The SMILES string of the molecule is C=CCC(CC=C)OCCCOC. The lowest BCUT2D eigenvalue weighted by Crippen LogP contribution is -2.12. The van der Waals surface area contributed by atoms with E-state index >= 15 is 0 Å². The van der Waals surface area contributed by atoms with Gasteiger partial charge in [-0.25, -0.2) is 0 Å². The summed E-state index contributed by atoms with van der Waals surface area (Å²) in [4.78, 5) is 0. The van der Waals surface area contributed by atoms with E-state index in [0.29, 0.717) is 0 Å². The largest absolute Gasteiger partial charge is 0.385 e. The van der Waals surface area contributed by atoms with Crippen LogP contribution in [0.25, 0.3) is 0 Å². The first kappa shape index (κ1) is 12.4. The summed E-state index contributed by atoms with van der Waals surface area (Å²) in [5.41, 5.74) is 0. The highest BCUT2D eigenvalue weighted by Gasteiger charge is 2.03. The average molecular weight is 184 g/mol.